The number of carbonyl (C=O) groups excluding carboxylic acids is 2. The number of anilines is 1. The van der Waals surface area contributed by atoms with Crippen molar-refractivity contribution in [2.75, 3.05) is 4.90 Å². The van der Waals surface area contributed by atoms with Crippen LogP contribution in [0.2, 0.25) is 5.02 Å². The van der Waals surface area contributed by atoms with E-state index in [0.717, 1.165) is 17.5 Å². The van der Waals surface area contributed by atoms with Gasteiger partial charge in [-0.3, -0.25) is 14.5 Å². The van der Waals surface area contributed by atoms with Crippen molar-refractivity contribution >= 4 is 34.7 Å². The lowest BCUT2D eigenvalue weighted by atomic mass is 9.94. The Morgan fingerprint density at radius 2 is 1.65 bits per heavy atom. The van der Waals surface area contributed by atoms with Crippen molar-refractivity contribution < 1.29 is 14.7 Å². The fourth-order valence-corrected chi connectivity index (χ4v) is 4.11. The van der Waals surface area contributed by atoms with E-state index in [2.05, 4.69) is 0 Å². The monoisotopic (exact) mass is 431 g/mol. The van der Waals surface area contributed by atoms with Crippen LogP contribution in [0.4, 0.5) is 5.69 Å². The quantitative estimate of drug-likeness (QED) is 0.321. The van der Waals surface area contributed by atoms with Gasteiger partial charge in [0, 0.05) is 16.3 Å². The summed E-state index contributed by atoms with van der Waals surface area (Å²) in [5.41, 5.74) is 3.65. The van der Waals surface area contributed by atoms with E-state index in [4.69, 9.17) is 11.6 Å². The highest BCUT2D eigenvalue weighted by molar-refractivity contribution is 6.52. The Kier molecular flexibility index (Phi) is 5.66. The Labute approximate surface area is 186 Å². The van der Waals surface area contributed by atoms with Crippen LogP contribution in [0.1, 0.15) is 35.2 Å². The summed E-state index contributed by atoms with van der Waals surface area (Å²) in [5.74, 6) is -1.59. The number of aliphatic hydroxyl groups is 1. The number of aryl methyl sites for hydroxylation is 1. The Morgan fingerprint density at radius 1 is 0.968 bits per heavy atom. The molecule has 156 valence electrons. The molecule has 3 aromatic carbocycles. The third kappa shape index (κ3) is 3.64. The van der Waals surface area contributed by atoms with E-state index in [1.165, 1.54) is 4.90 Å². The fourth-order valence-electron chi connectivity index (χ4n) is 3.94. The Balaban J connectivity index is 1.95. The lowest BCUT2D eigenvalue weighted by molar-refractivity contribution is -0.132. The minimum atomic E-state index is -0.760. The van der Waals surface area contributed by atoms with Crippen molar-refractivity contribution in [1.29, 1.82) is 0 Å². The topological polar surface area (TPSA) is 57.6 Å². The van der Waals surface area contributed by atoms with E-state index >= 15 is 0 Å². The maximum Gasteiger partial charge on any atom is 0.300 e. The molecule has 4 rings (SSSR count). The minimum absolute atomic E-state index is 0.0693. The molecule has 0 spiro atoms. The standard InChI is InChI=1S/C26H22ClNO3/c1-3-17-12-14-19(15-13-17)24(29)22-23(18-8-5-4-6-9-18)28(26(31)25(22)30)21-11-7-10-20(27)16(21)2/h4-15,23,29H,3H2,1-2H3/b24-22+. The van der Waals surface area contributed by atoms with Gasteiger partial charge in [-0.05, 0) is 42.2 Å². The molecule has 31 heavy (non-hydrogen) atoms. The molecule has 0 saturated carbocycles. The molecular formula is C26H22ClNO3. The highest BCUT2D eigenvalue weighted by Crippen LogP contribution is 2.43. The molecule has 5 heteroatoms. The van der Waals surface area contributed by atoms with Crippen molar-refractivity contribution in [3.8, 4) is 0 Å². The highest BCUT2D eigenvalue weighted by Gasteiger charge is 2.47. The first-order valence-corrected chi connectivity index (χ1v) is 10.5. The average Bonchev–Trinajstić information content (AvgIpc) is 3.06. The number of amides is 1. The molecule has 0 bridgehead atoms. The summed E-state index contributed by atoms with van der Waals surface area (Å²) in [4.78, 5) is 27.8. The number of Topliss-reactive ketones (excluding diaryl/α,β-unsaturated/α-hetero) is 1. The van der Waals surface area contributed by atoms with Gasteiger partial charge in [0.05, 0.1) is 11.6 Å². The number of rotatable bonds is 4. The van der Waals surface area contributed by atoms with Crippen LogP contribution in [0.25, 0.3) is 5.76 Å². The van der Waals surface area contributed by atoms with E-state index < -0.39 is 17.7 Å². The predicted octanol–water partition coefficient (Wildman–Crippen LogP) is 5.84. The van der Waals surface area contributed by atoms with Crippen LogP contribution >= 0.6 is 11.6 Å². The van der Waals surface area contributed by atoms with E-state index in [-0.39, 0.29) is 11.3 Å². The number of nitrogens with zero attached hydrogens (tertiary/aromatic N) is 1. The van der Waals surface area contributed by atoms with Gasteiger partial charge in [0.15, 0.2) is 0 Å². The van der Waals surface area contributed by atoms with E-state index in [0.29, 0.717) is 21.8 Å². The Bertz CT molecular complexity index is 1180. The summed E-state index contributed by atoms with van der Waals surface area (Å²) in [6, 6.07) is 21.1. The van der Waals surface area contributed by atoms with Crippen LogP contribution in [-0.2, 0) is 16.0 Å². The summed E-state index contributed by atoms with van der Waals surface area (Å²) in [6.45, 7) is 3.85. The Morgan fingerprint density at radius 3 is 2.29 bits per heavy atom. The third-order valence-corrected chi connectivity index (χ3v) is 6.10. The van der Waals surface area contributed by atoms with Crippen LogP contribution in [0.3, 0.4) is 0 Å². The first-order chi connectivity index (χ1) is 14.9. The molecule has 1 saturated heterocycles. The van der Waals surface area contributed by atoms with Gasteiger partial charge < -0.3 is 5.11 Å². The summed E-state index contributed by atoms with van der Waals surface area (Å²) in [6.07, 6.45) is 0.865. The molecule has 1 unspecified atom stereocenters. The molecule has 0 radical (unpaired) electrons. The summed E-state index contributed by atoms with van der Waals surface area (Å²) in [7, 11) is 0. The third-order valence-electron chi connectivity index (χ3n) is 5.69. The van der Waals surface area contributed by atoms with Gasteiger partial charge in [-0.2, -0.15) is 0 Å². The van der Waals surface area contributed by atoms with Gasteiger partial charge in [0.25, 0.3) is 11.7 Å². The van der Waals surface area contributed by atoms with Crippen LogP contribution in [0.5, 0.6) is 0 Å². The minimum Gasteiger partial charge on any atom is -0.507 e. The molecule has 0 aromatic heterocycles. The maximum absolute atomic E-state index is 13.2. The van der Waals surface area contributed by atoms with E-state index in [1.807, 2.05) is 56.3 Å². The number of aliphatic hydroxyl groups excluding tert-OH is 1. The second-order valence-corrected chi connectivity index (χ2v) is 7.92. The molecule has 0 aliphatic carbocycles. The molecule has 1 aliphatic rings. The van der Waals surface area contributed by atoms with Crippen molar-refractivity contribution in [3.63, 3.8) is 0 Å². The number of halogens is 1. The molecule has 1 heterocycles. The predicted molar refractivity (Wildman–Crippen MR) is 123 cm³/mol. The van der Waals surface area contributed by atoms with Crippen molar-refractivity contribution in [2.45, 2.75) is 26.3 Å². The van der Waals surface area contributed by atoms with E-state index in [1.54, 1.807) is 30.3 Å². The van der Waals surface area contributed by atoms with Crippen molar-refractivity contribution in [3.05, 3.63) is 106 Å². The number of ketones is 1. The first-order valence-electron chi connectivity index (χ1n) is 10.1. The van der Waals surface area contributed by atoms with Gasteiger partial charge in [-0.1, -0.05) is 79.2 Å². The van der Waals surface area contributed by atoms with Crippen LogP contribution in [-0.4, -0.2) is 16.8 Å². The SMILES string of the molecule is CCc1ccc(/C(O)=C2\C(=O)C(=O)N(c3cccc(Cl)c3C)C2c2ccccc2)cc1. The average molecular weight is 432 g/mol. The number of hydrogen-bond acceptors (Lipinski definition) is 3. The van der Waals surface area contributed by atoms with Gasteiger partial charge in [-0.15, -0.1) is 0 Å². The zero-order valence-electron chi connectivity index (χ0n) is 17.3. The molecule has 4 nitrogen and oxygen atoms in total. The van der Waals surface area contributed by atoms with Crippen LogP contribution < -0.4 is 4.90 Å². The van der Waals surface area contributed by atoms with Gasteiger partial charge in [0.2, 0.25) is 0 Å². The van der Waals surface area contributed by atoms with E-state index in [9.17, 15) is 14.7 Å². The fraction of sp³-hybridized carbons (Fsp3) is 0.154. The molecule has 1 N–H and O–H groups in total. The Hall–Kier alpha value is -3.37. The maximum atomic E-state index is 13.2. The number of benzene rings is 3. The second-order valence-electron chi connectivity index (χ2n) is 7.51. The van der Waals surface area contributed by atoms with Gasteiger partial charge >= 0.3 is 0 Å². The number of carbonyl (C=O) groups is 2. The van der Waals surface area contributed by atoms with Gasteiger partial charge in [0.1, 0.15) is 5.76 Å². The zero-order chi connectivity index (χ0) is 22.1. The summed E-state index contributed by atoms with van der Waals surface area (Å²) < 4.78 is 0. The van der Waals surface area contributed by atoms with Crippen molar-refractivity contribution in [2.24, 2.45) is 0 Å². The summed E-state index contributed by atoms with van der Waals surface area (Å²) in [5, 5.41) is 11.6. The lowest BCUT2D eigenvalue weighted by Crippen LogP contribution is -2.30. The highest BCUT2D eigenvalue weighted by atomic mass is 35.5. The summed E-state index contributed by atoms with van der Waals surface area (Å²) >= 11 is 6.31. The molecule has 1 amide bonds. The zero-order valence-corrected chi connectivity index (χ0v) is 18.1. The second kappa shape index (κ2) is 8.40. The largest absolute Gasteiger partial charge is 0.507 e. The van der Waals surface area contributed by atoms with Crippen molar-refractivity contribution in [1.82, 2.24) is 0 Å². The molecule has 1 fully saturated rings. The molecule has 3 aromatic rings. The molecular weight excluding hydrogens is 410 g/mol. The molecule has 1 atom stereocenters. The van der Waals surface area contributed by atoms with Gasteiger partial charge in [-0.25, -0.2) is 0 Å². The number of hydrogen-bond donors (Lipinski definition) is 1. The first kappa shape index (κ1) is 20.9. The van der Waals surface area contributed by atoms with Crippen LogP contribution in [0.15, 0.2) is 78.4 Å². The lowest BCUT2D eigenvalue weighted by Gasteiger charge is -2.27. The van der Waals surface area contributed by atoms with Crippen LogP contribution in [0, 0.1) is 6.92 Å². The normalized spacial score (nSPS) is 17.9. The smallest absolute Gasteiger partial charge is 0.300 e. The molecule has 1 aliphatic heterocycles.